The molecule has 1 aromatic rings. The molecule has 0 saturated carbocycles. The number of esters is 1. The van der Waals surface area contributed by atoms with Crippen LogP contribution in [-0.2, 0) is 22.4 Å². The van der Waals surface area contributed by atoms with Crippen LogP contribution in [0.3, 0.4) is 0 Å². The van der Waals surface area contributed by atoms with Crippen LogP contribution in [0.15, 0.2) is 18.2 Å². The third kappa shape index (κ3) is 1.69. The number of fused-ring (bicyclic) bond motifs is 1. The summed E-state index contributed by atoms with van der Waals surface area (Å²) in [6, 6.07) is 6.02. The van der Waals surface area contributed by atoms with Gasteiger partial charge in [-0.1, -0.05) is 25.1 Å². The Hall–Kier alpha value is -1.51. The molecule has 1 unspecified atom stereocenters. The maximum absolute atomic E-state index is 11.3. The number of rotatable bonds is 2. The van der Waals surface area contributed by atoms with E-state index < -0.39 is 6.10 Å². The number of para-hydroxylation sites is 1. The smallest absolute Gasteiger partial charge is 0.347 e. The van der Waals surface area contributed by atoms with Crippen LogP contribution < -0.4 is 4.74 Å². The monoisotopic (exact) mass is 206 g/mol. The van der Waals surface area contributed by atoms with E-state index in [-0.39, 0.29) is 5.97 Å². The Morgan fingerprint density at radius 2 is 2.40 bits per heavy atom. The second-order valence-corrected chi connectivity index (χ2v) is 3.59. The first-order valence-electron chi connectivity index (χ1n) is 5.11. The van der Waals surface area contributed by atoms with Crippen molar-refractivity contribution in [2.75, 3.05) is 7.11 Å². The quantitative estimate of drug-likeness (QED) is 0.691. The molecule has 1 heterocycles. The van der Waals surface area contributed by atoms with E-state index in [4.69, 9.17) is 4.74 Å². The molecule has 1 atom stereocenters. The molecule has 1 aliphatic heterocycles. The number of benzene rings is 1. The number of hydrogen-bond acceptors (Lipinski definition) is 3. The fraction of sp³-hybridized carbons (Fsp3) is 0.417. The molecule has 0 spiro atoms. The number of aryl methyl sites for hydroxylation is 1. The molecule has 0 N–H and O–H groups in total. The lowest BCUT2D eigenvalue weighted by Crippen LogP contribution is -2.26. The first-order chi connectivity index (χ1) is 7.26. The normalized spacial score (nSPS) is 18.1. The molecule has 0 radical (unpaired) electrons. The Morgan fingerprint density at radius 3 is 3.07 bits per heavy atom. The second-order valence-electron chi connectivity index (χ2n) is 3.59. The van der Waals surface area contributed by atoms with Gasteiger partial charge < -0.3 is 9.47 Å². The lowest BCUT2D eigenvalue weighted by Gasteiger charge is -2.09. The first-order valence-corrected chi connectivity index (χ1v) is 5.11. The molecule has 0 saturated heterocycles. The van der Waals surface area contributed by atoms with Gasteiger partial charge >= 0.3 is 5.97 Å². The van der Waals surface area contributed by atoms with Crippen LogP contribution in [0.25, 0.3) is 0 Å². The van der Waals surface area contributed by atoms with Crippen LogP contribution in [0.2, 0.25) is 0 Å². The Labute approximate surface area is 89.0 Å². The third-order valence-corrected chi connectivity index (χ3v) is 2.69. The van der Waals surface area contributed by atoms with Crippen LogP contribution in [-0.4, -0.2) is 19.2 Å². The Bertz CT molecular complexity index is 384. The molecule has 0 aromatic heterocycles. The van der Waals surface area contributed by atoms with Crippen molar-refractivity contribution in [1.29, 1.82) is 0 Å². The highest BCUT2D eigenvalue weighted by Gasteiger charge is 2.30. The molecule has 0 fully saturated rings. The SMILES string of the molecule is CCc1cccc2c1OC(C(=O)OC)C2. The van der Waals surface area contributed by atoms with Crippen LogP contribution in [0.5, 0.6) is 5.75 Å². The van der Waals surface area contributed by atoms with Gasteiger partial charge in [-0.15, -0.1) is 0 Å². The van der Waals surface area contributed by atoms with Crippen molar-refractivity contribution in [3.63, 3.8) is 0 Å². The Balaban J connectivity index is 2.26. The molecule has 2 rings (SSSR count). The molecule has 80 valence electrons. The second kappa shape index (κ2) is 3.93. The summed E-state index contributed by atoms with van der Waals surface area (Å²) in [4.78, 5) is 11.3. The maximum Gasteiger partial charge on any atom is 0.347 e. The minimum Gasteiger partial charge on any atom is -0.478 e. The van der Waals surface area contributed by atoms with Gasteiger partial charge in [0.2, 0.25) is 0 Å². The van der Waals surface area contributed by atoms with Gasteiger partial charge in [0.05, 0.1) is 7.11 Å². The van der Waals surface area contributed by atoms with Crippen LogP contribution in [0.1, 0.15) is 18.1 Å². The van der Waals surface area contributed by atoms with Gasteiger partial charge in [-0.3, -0.25) is 0 Å². The summed E-state index contributed by atoms with van der Waals surface area (Å²) in [5.41, 5.74) is 2.25. The van der Waals surface area contributed by atoms with E-state index in [1.165, 1.54) is 7.11 Å². The van der Waals surface area contributed by atoms with Gasteiger partial charge in [0.1, 0.15) is 5.75 Å². The van der Waals surface area contributed by atoms with Crippen molar-refractivity contribution >= 4 is 5.97 Å². The van der Waals surface area contributed by atoms with Crippen molar-refractivity contribution in [2.45, 2.75) is 25.9 Å². The zero-order valence-electron chi connectivity index (χ0n) is 8.95. The molecule has 3 nitrogen and oxygen atoms in total. The highest BCUT2D eigenvalue weighted by Crippen LogP contribution is 2.33. The number of methoxy groups -OCH3 is 1. The lowest BCUT2D eigenvalue weighted by molar-refractivity contribution is -0.147. The molecular formula is C12H14O3. The molecule has 1 aliphatic rings. The van der Waals surface area contributed by atoms with E-state index >= 15 is 0 Å². The largest absolute Gasteiger partial charge is 0.478 e. The Kier molecular flexibility index (Phi) is 2.62. The minimum absolute atomic E-state index is 0.298. The van der Waals surface area contributed by atoms with Gasteiger partial charge in [0.15, 0.2) is 6.10 Å². The van der Waals surface area contributed by atoms with E-state index in [1.54, 1.807) is 0 Å². The van der Waals surface area contributed by atoms with E-state index in [2.05, 4.69) is 11.7 Å². The van der Waals surface area contributed by atoms with Crippen LogP contribution in [0, 0.1) is 0 Å². The summed E-state index contributed by atoms with van der Waals surface area (Å²) >= 11 is 0. The maximum atomic E-state index is 11.3. The first kappa shape index (κ1) is 10.0. The van der Waals surface area contributed by atoms with E-state index in [9.17, 15) is 4.79 Å². The lowest BCUT2D eigenvalue weighted by atomic mass is 10.1. The van der Waals surface area contributed by atoms with Gasteiger partial charge in [-0.05, 0) is 17.5 Å². The topological polar surface area (TPSA) is 35.5 Å². The van der Waals surface area contributed by atoms with Crippen molar-refractivity contribution in [1.82, 2.24) is 0 Å². The molecule has 1 aromatic carbocycles. The van der Waals surface area contributed by atoms with Gasteiger partial charge in [-0.25, -0.2) is 4.79 Å². The summed E-state index contributed by atoms with van der Waals surface area (Å²) in [6.45, 7) is 2.07. The molecular weight excluding hydrogens is 192 g/mol. The van der Waals surface area contributed by atoms with Crippen molar-refractivity contribution < 1.29 is 14.3 Å². The predicted octanol–water partition coefficient (Wildman–Crippen LogP) is 1.73. The molecule has 0 amide bonds. The van der Waals surface area contributed by atoms with E-state index in [0.717, 1.165) is 23.3 Å². The summed E-state index contributed by atoms with van der Waals surface area (Å²) < 4.78 is 10.3. The predicted molar refractivity (Wildman–Crippen MR) is 56.0 cm³/mol. The number of hydrogen-bond donors (Lipinski definition) is 0. The van der Waals surface area contributed by atoms with Gasteiger partial charge in [-0.2, -0.15) is 0 Å². The van der Waals surface area contributed by atoms with Crippen LogP contribution in [0.4, 0.5) is 0 Å². The van der Waals surface area contributed by atoms with Gasteiger partial charge in [0.25, 0.3) is 0 Å². The van der Waals surface area contributed by atoms with Gasteiger partial charge in [0, 0.05) is 6.42 Å². The summed E-state index contributed by atoms with van der Waals surface area (Å²) in [6.07, 6.45) is 1.07. The van der Waals surface area contributed by atoms with Crippen molar-refractivity contribution in [2.24, 2.45) is 0 Å². The number of carbonyl (C=O) groups is 1. The highest BCUT2D eigenvalue weighted by molar-refractivity contribution is 5.77. The molecule has 15 heavy (non-hydrogen) atoms. The third-order valence-electron chi connectivity index (χ3n) is 2.69. The average Bonchev–Trinajstić information content (AvgIpc) is 2.71. The zero-order chi connectivity index (χ0) is 10.8. The average molecular weight is 206 g/mol. The van der Waals surface area contributed by atoms with E-state index in [1.807, 2.05) is 18.2 Å². The highest BCUT2D eigenvalue weighted by atomic mass is 16.6. The fourth-order valence-electron chi connectivity index (χ4n) is 1.88. The number of carbonyl (C=O) groups excluding carboxylic acids is 1. The molecule has 0 bridgehead atoms. The summed E-state index contributed by atoms with van der Waals surface area (Å²) in [5, 5.41) is 0. The molecule has 0 aliphatic carbocycles. The number of ether oxygens (including phenoxy) is 2. The summed E-state index contributed by atoms with van der Waals surface area (Å²) in [7, 11) is 1.38. The zero-order valence-corrected chi connectivity index (χ0v) is 8.95. The minimum atomic E-state index is -0.460. The standard InChI is InChI=1S/C12H14O3/c1-3-8-5-4-6-9-7-10(12(13)14-2)15-11(8)9/h4-6,10H,3,7H2,1-2H3. The summed E-state index contributed by atoms with van der Waals surface area (Å²) in [5.74, 6) is 0.573. The van der Waals surface area contributed by atoms with Crippen LogP contribution >= 0.6 is 0 Å². The van der Waals surface area contributed by atoms with Crippen molar-refractivity contribution in [3.8, 4) is 5.75 Å². The Morgan fingerprint density at radius 1 is 1.60 bits per heavy atom. The fourth-order valence-corrected chi connectivity index (χ4v) is 1.88. The van der Waals surface area contributed by atoms with Crippen molar-refractivity contribution in [3.05, 3.63) is 29.3 Å². The van der Waals surface area contributed by atoms with E-state index in [0.29, 0.717) is 6.42 Å². The molecule has 3 heteroatoms.